The van der Waals surface area contributed by atoms with Gasteiger partial charge in [0.2, 0.25) is 0 Å². The molecule has 0 bridgehead atoms. The van der Waals surface area contributed by atoms with Gasteiger partial charge in [-0.25, -0.2) is 4.79 Å². The Bertz CT molecular complexity index is 447. The summed E-state index contributed by atoms with van der Waals surface area (Å²) in [6.07, 6.45) is 10.9. The summed E-state index contributed by atoms with van der Waals surface area (Å²) in [5.41, 5.74) is 2.14. The van der Waals surface area contributed by atoms with Crippen LogP contribution < -0.4 is 0 Å². The molecule has 0 aromatic rings. The summed E-state index contributed by atoms with van der Waals surface area (Å²) >= 11 is 0. The summed E-state index contributed by atoms with van der Waals surface area (Å²) in [5.74, 6) is 1.44. The number of aliphatic imine (C=N–C) groups is 1. The second-order valence-corrected chi connectivity index (χ2v) is 5.37. The first-order valence-electron chi connectivity index (χ1n) is 6.81. The first-order valence-corrected chi connectivity index (χ1v) is 6.81. The van der Waals surface area contributed by atoms with Crippen molar-refractivity contribution in [3.8, 4) is 0 Å². The highest BCUT2D eigenvalue weighted by atomic mass is 16.5. The molecule has 0 spiro atoms. The molecule has 96 valence electrons. The van der Waals surface area contributed by atoms with Crippen molar-refractivity contribution in [2.45, 2.75) is 25.7 Å². The van der Waals surface area contributed by atoms with E-state index >= 15 is 0 Å². The highest BCUT2D eigenvalue weighted by Crippen LogP contribution is 2.41. The molecular weight excluding hydrogens is 226 g/mol. The van der Waals surface area contributed by atoms with E-state index in [0.29, 0.717) is 17.8 Å². The zero-order chi connectivity index (χ0) is 12.5. The molecule has 3 aliphatic rings. The number of rotatable bonds is 1. The Kier molecular flexibility index (Phi) is 3.06. The number of methoxy groups -OCH3 is 1. The summed E-state index contributed by atoms with van der Waals surface area (Å²) in [6.45, 7) is 1.01. The second-order valence-electron chi connectivity index (χ2n) is 5.37. The van der Waals surface area contributed by atoms with Gasteiger partial charge in [0.25, 0.3) is 0 Å². The van der Waals surface area contributed by atoms with Crippen molar-refractivity contribution < 1.29 is 9.53 Å². The molecule has 0 radical (unpaired) electrons. The van der Waals surface area contributed by atoms with Gasteiger partial charge in [0.1, 0.15) is 0 Å². The molecule has 0 N–H and O–H groups in total. The van der Waals surface area contributed by atoms with Crippen LogP contribution in [0.1, 0.15) is 25.7 Å². The zero-order valence-corrected chi connectivity index (χ0v) is 10.8. The Labute approximate surface area is 108 Å². The van der Waals surface area contributed by atoms with E-state index in [9.17, 15) is 4.79 Å². The fraction of sp³-hybridized carbons (Fsp3) is 0.600. The standard InChI is InChI=1S/C15H19NO2/c1-18-15(17)11-4-6-12-10(9-11)5-7-14-13(12)3-2-8-16-14/h4,6,9-10,12-13H,2-3,5,7-8H2,1H3. The summed E-state index contributed by atoms with van der Waals surface area (Å²) in [7, 11) is 1.44. The van der Waals surface area contributed by atoms with Gasteiger partial charge in [0, 0.05) is 18.2 Å². The van der Waals surface area contributed by atoms with Gasteiger partial charge in [-0.15, -0.1) is 0 Å². The number of hydrogen-bond donors (Lipinski definition) is 0. The van der Waals surface area contributed by atoms with Crippen LogP contribution in [0, 0.1) is 17.8 Å². The smallest absolute Gasteiger partial charge is 0.337 e. The maximum absolute atomic E-state index is 11.6. The maximum atomic E-state index is 11.6. The molecule has 1 fully saturated rings. The third-order valence-corrected chi connectivity index (χ3v) is 4.42. The van der Waals surface area contributed by atoms with Gasteiger partial charge >= 0.3 is 5.97 Å². The third kappa shape index (κ3) is 1.92. The van der Waals surface area contributed by atoms with Crippen LogP contribution in [0.3, 0.4) is 0 Å². The van der Waals surface area contributed by atoms with Gasteiger partial charge in [0.05, 0.1) is 12.7 Å². The lowest BCUT2D eigenvalue weighted by Crippen LogP contribution is -2.36. The van der Waals surface area contributed by atoms with Crippen molar-refractivity contribution >= 4 is 11.7 Å². The summed E-state index contributed by atoms with van der Waals surface area (Å²) in [4.78, 5) is 16.2. The van der Waals surface area contributed by atoms with Crippen molar-refractivity contribution in [1.29, 1.82) is 0 Å². The number of esters is 1. The Morgan fingerprint density at radius 3 is 3.17 bits per heavy atom. The van der Waals surface area contributed by atoms with E-state index in [1.165, 1.54) is 25.7 Å². The quantitative estimate of drug-likeness (QED) is 0.666. The molecule has 0 saturated heterocycles. The second kappa shape index (κ2) is 4.71. The topological polar surface area (TPSA) is 38.7 Å². The minimum absolute atomic E-state index is 0.215. The largest absolute Gasteiger partial charge is 0.465 e. The summed E-state index contributed by atoms with van der Waals surface area (Å²) < 4.78 is 4.79. The minimum atomic E-state index is -0.215. The van der Waals surface area contributed by atoms with Crippen molar-refractivity contribution in [3.05, 3.63) is 23.8 Å². The van der Waals surface area contributed by atoms with E-state index in [1.54, 1.807) is 0 Å². The highest BCUT2D eigenvalue weighted by molar-refractivity contribution is 5.93. The number of fused-ring (bicyclic) bond motifs is 3. The molecule has 3 heteroatoms. The van der Waals surface area contributed by atoms with Gasteiger partial charge in [0.15, 0.2) is 0 Å². The third-order valence-electron chi connectivity index (χ3n) is 4.42. The van der Waals surface area contributed by atoms with Crippen LogP contribution in [0.25, 0.3) is 0 Å². The molecule has 3 atom stereocenters. The maximum Gasteiger partial charge on any atom is 0.337 e. The van der Waals surface area contributed by atoms with Crippen LogP contribution in [-0.2, 0) is 9.53 Å². The normalized spacial score (nSPS) is 33.9. The number of nitrogens with zero attached hydrogens (tertiary/aromatic N) is 1. The van der Waals surface area contributed by atoms with Crippen molar-refractivity contribution in [1.82, 2.24) is 0 Å². The number of allylic oxidation sites excluding steroid dienone is 2. The Morgan fingerprint density at radius 1 is 1.44 bits per heavy atom. The molecule has 3 rings (SSSR count). The van der Waals surface area contributed by atoms with Crippen molar-refractivity contribution in [2.75, 3.05) is 13.7 Å². The molecule has 1 aliphatic heterocycles. The van der Waals surface area contributed by atoms with Crippen LogP contribution in [0.15, 0.2) is 28.8 Å². The molecule has 0 aromatic carbocycles. The molecule has 3 nitrogen and oxygen atoms in total. The average molecular weight is 245 g/mol. The predicted octanol–water partition coefficient (Wildman–Crippen LogP) is 2.53. The lowest BCUT2D eigenvalue weighted by molar-refractivity contribution is -0.135. The molecule has 0 aromatic heterocycles. The van der Waals surface area contributed by atoms with E-state index in [4.69, 9.17) is 4.74 Å². The Balaban J connectivity index is 1.83. The van der Waals surface area contributed by atoms with Crippen LogP contribution in [0.5, 0.6) is 0 Å². The van der Waals surface area contributed by atoms with Crippen molar-refractivity contribution in [2.24, 2.45) is 22.7 Å². The number of carbonyl (C=O) groups excluding carboxylic acids is 1. The highest BCUT2D eigenvalue weighted by Gasteiger charge is 2.37. The molecule has 3 unspecified atom stereocenters. The average Bonchev–Trinajstić information content (AvgIpc) is 2.45. The minimum Gasteiger partial charge on any atom is -0.465 e. The van der Waals surface area contributed by atoms with Gasteiger partial charge in [-0.2, -0.15) is 0 Å². The zero-order valence-electron chi connectivity index (χ0n) is 10.8. The molecule has 18 heavy (non-hydrogen) atoms. The number of hydrogen-bond acceptors (Lipinski definition) is 3. The molecule has 1 heterocycles. The Hall–Kier alpha value is -1.38. The van der Waals surface area contributed by atoms with E-state index in [2.05, 4.69) is 17.1 Å². The summed E-state index contributed by atoms with van der Waals surface area (Å²) in [5, 5.41) is 0. The Morgan fingerprint density at radius 2 is 2.33 bits per heavy atom. The SMILES string of the molecule is COC(=O)C1=CC2CCC3=NCCCC3C2C=C1. The monoisotopic (exact) mass is 245 g/mol. The fourth-order valence-corrected chi connectivity index (χ4v) is 3.53. The molecule has 0 amide bonds. The van der Waals surface area contributed by atoms with Crippen molar-refractivity contribution in [3.63, 3.8) is 0 Å². The fourth-order valence-electron chi connectivity index (χ4n) is 3.53. The summed E-state index contributed by atoms with van der Waals surface area (Å²) in [6, 6.07) is 0. The van der Waals surface area contributed by atoms with E-state index in [1.807, 2.05) is 6.08 Å². The number of carbonyl (C=O) groups is 1. The van der Waals surface area contributed by atoms with Gasteiger partial charge in [-0.1, -0.05) is 18.2 Å². The number of ether oxygens (including phenoxy) is 1. The van der Waals surface area contributed by atoms with Crippen LogP contribution in [0.2, 0.25) is 0 Å². The van der Waals surface area contributed by atoms with Crippen LogP contribution >= 0.6 is 0 Å². The lowest BCUT2D eigenvalue weighted by atomic mass is 9.66. The van der Waals surface area contributed by atoms with E-state index in [0.717, 1.165) is 25.0 Å². The molecular formula is C15H19NO2. The van der Waals surface area contributed by atoms with E-state index < -0.39 is 0 Å². The van der Waals surface area contributed by atoms with Crippen LogP contribution in [0.4, 0.5) is 0 Å². The first kappa shape index (κ1) is 11.7. The van der Waals surface area contributed by atoms with Gasteiger partial charge in [-0.3, -0.25) is 4.99 Å². The van der Waals surface area contributed by atoms with Gasteiger partial charge < -0.3 is 4.74 Å². The van der Waals surface area contributed by atoms with E-state index in [-0.39, 0.29) is 5.97 Å². The van der Waals surface area contributed by atoms with Gasteiger partial charge in [-0.05, 0) is 37.5 Å². The first-order chi connectivity index (χ1) is 8.79. The lowest BCUT2D eigenvalue weighted by Gasteiger charge is -2.39. The molecule has 1 saturated carbocycles. The molecule has 2 aliphatic carbocycles. The predicted molar refractivity (Wildman–Crippen MR) is 70.5 cm³/mol. The van der Waals surface area contributed by atoms with Crippen LogP contribution in [-0.4, -0.2) is 25.3 Å².